The lowest BCUT2D eigenvalue weighted by Gasteiger charge is -2.22. The zero-order valence-corrected chi connectivity index (χ0v) is 21.8. The van der Waals surface area contributed by atoms with Crippen molar-refractivity contribution in [2.24, 2.45) is 5.92 Å². The number of ether oxygens (including phenoxy) is 1. The smallest absolute Gasteiger partial charge is 0.303 e. The maximum Gasteiger partial charge on any atom is 0.303 e. The molecule has 8 heteroatoms. The minimum absolute atomic E-state index is 0.0733. The minimum Gasteiger partial charge on any atom is -0.487 e. The highest BCUT2D eigenvalue weighted by Crippen LogP contribution is 2.26. The van der Waals surface area contributed by atoms with E-state index in [9.17, 15) is 13.6 Å². The molecule has 0 aliphatic rings. The molecule has 1 N–H and O–H groups in total. The molecule has 36 heavy (non-hydrogen) atoms. The molecule has 0 aliphatic carbocycles. The summed E-state index contributed by atoms with van der Waals surface area (Å²) in [4.78, 5) is 17.5. The first kappa shape index (κ1) is 27.6. The molecule has 1 unspecified atom stereocenters. The molecule has 0 bridgehead atoms. The second-order valence-electron chi connectivity index (χ2n) is 10.1. The normalized spacial score (nSPS) is 13.0. The maximum absolute atomic E-state index is 13.9. The van der Waals surface area contributed by atoms with E-state index in [1.165, 1.54) is 6.92 Å². The Hall–Kier alpha value is -3.00. The van der Waals surface area contributed by atoms with E-state index in [1.54, 1.807) is 11.9 Å². The maximum atomic E-state index is 13.9. The van der Waals surface area contributed by atoms with E-state index in [4.69, 9.17) is 14.8 Å². The van der Waals surface area contributed by atoms with Crippen molar-refractivity contribution in [1.29, 1.82) is 0 Å². The van der Waals surface area contributed by atoms with Crippen molar-refractivity contribution in [3.05, 3.63) is 59.4 Å². The van der Waals surface area contributed by atoms with Crippen LogP contribution in [0.4, 0.5) is 8.78 Å². The molecule has 3 rings (SSSR count). The predicted octanol–water partition coefficient (Wildman–Crippen LogP) is 6.33. The fourth-order valence-electron chi connectivity index (χ4n) is 4.30. The summed E-state index contributed by atoms with van der Waals surface area (Å²) in [5.74, 6) is -2.52. The Morgan fingerprint density at radius 1 is 1.17 bits per heavy atom. The van der Waals surface area contributed by atoms with Crippen LogP contribution in [0.25, 0.3) is 11.0 Å². The van der Waals surface area contributed by atoms with Gasteiger partial charge in [0.1, 0.15) is 18.0 Å². The summed E-state index contributed by atoms with van der Waals surface area (Å²) in [6.07, 6.45) is 1.93. The monoisotopic (exact) mass is 501 g/mol. The number of aliphatic carboxylic acids is 1. The highest BCUT2D eigenvalue weighted by molar-refractivity contribution is 5.80. The summed E-state index contributed by atoms with van der Waals surface area (Å²) in [7, 11) is 1.72. The molecule has 6 nitrogen and oxygen atoms in total. The summed E-state index contributed by atoms with van der Waals surface area (Å²) in [6.45, 7) is 8.85. The highest BCUT2D eigenvalue weighted by atomic mass is 19.3. The van der Waals surface area contributed by atoms with E-state index >= 15 is 0 Å². The van der Waals surface area contributed by atoms with Gasteiger partial charge in [-0.15, -0.1) is 0 Å². The number of pyridine rings is 1. The van der Waals surface area contributed by atoms with E-state index in [1.807, 2.05) is 49.5 Å². The van der Waals surface area contributed by atoms with Gasteiger partial charge < -0.3 is 14.4 Å². The Bertz CT molecular complexity index is 1160. The summed E-state index contributed by atoms with van der Waals surface area (Å²) in [5, 5.41) is 9.95. The van der Waals surface area contributed by atoms with Gasteiger partial charge in [-0.3, -0.25) is 9.69 Å². The summed E-state index contributed by atoms with van der Waals surface area (Å²) in [5.41, 5.74) is 3.52. The lowest BCUT2D eigenvalue weighted by molar-refractivity contribution is -0.137. The number of rotatable bonds is 13. The van der Waals surface area contributed by atoms with E-state index < -0.39 is 11.9 Å². The van der Waals surface area contributed by atoms with Crippen LogP contribution in [0.5, 0.6) is 5.75 Å². The summed E-state index contributed by atoms with van der Waals surface area (Å²) in [6, 6.07) is 11.4. The number of nitrogens with zero attached hydrogens (tertiary/aromatic N) is 3. The molecule has 3 aromatic rings. The Labute approximate surface area is 211 Å². The number of benzene rings is 1. The molecule has 0 saturated carbocycles. The van der Waals surface area contributed by atoms with Crippen molar-refractivity contribution < 1.29 is 23.4 Å². The Balaban J connectivity index is 1.75. The van der Waals surface area contributed by atoms with E-state index in [2.05, 4.69) is 18.4 Å². The van der Waals surface area contributed by atoms with Crippen LogP contribution in [0, 0.1) is 5.92 Å². The molecule has 0 amide bonds. The van der Waals surface area contributed by atoms with Crippen LogP contribution >= 0.6 is 0 Å². The average Bonchev–Trinajstić information content (AvgIpc) is 3.12. The largest absolute Gasteiger partial charge is 0.487 e. The summed E-state index contributed by atoms with van der Waals surface area (Å²) < 4.78 is 35.8. The number of hydrogen-bond donors (Lipinski definition) is 1. The van der Waals surface area contributed by atoms with Gasteiger partial charge in [-0.1, -0.05) is 39.8 Å². The molecule has 0 radical (unpaired) electrons. The van der Waals surface area contributed by atoms with Crippen LogP contribution in [-0.2, 0) is 24.5 Å². The number of carboxylic acid groups (broad SMARTS) is 1. The van der Waals surface area contributed by atoms with Crippen LogP contribution in [0.1, 0.15) is 63.3 Å². The molecule has 196 valence electrons. The van der Waals surface area contributed by atoms with Gasteiger partial charge in [-0.25, -0.2) is 13.8 Å². The zero-order chi connectivity index (χ0) is 26.5. The molecular formula is C28H37F2N3O3. The van der Waals surface area contributed by atoms with Crippen LogP contribution in [-0.4, -0.2) is 45.0 Å². The van der Waals surface area contributed by atoms with Gasteiger partial charge >= 0.3 is 5.97 Å². The fraction of sp³-hybridized carbons (Fsp3) is 0.500. The number of halogens is 2. The standard InChI is InChI=1S/C28H37F2N3O3/c1-6-28(29,30)18-32(5)15-22-16-33(14-19(2)3)27-25(22)12-9-23(31-27)17-36-24-10-7-21(8-11-24)20(4)13-26(34)35/h7-12,16,19-20H,6,13-15,17-18H2,1-5H3,(H,34,35). The topological polar surface area (TPSA) is 67.6 Å². The lowest BCUT2D eigenvalue weighted by atomic mass is 9.98. The third-order valence-electron chi connectivity index (χ3n) is 6.20. The summed E-state index contributed by atoms with van der Waals surface area (Å²) >= 11 is 0. The van der Waals surface area contributed by atoms with Crippen molar-refractivity contribution in [2.75, 3.05) is 13.6 Å². The predicted molar refractivity (Wildman–Crippen MR) is 138 cm³/mol. The second kappa shape index (κ2) is 11.8. The molecule has 0 fully saturated rings. The van der Waals surface area contributed by atoms with Gasteiger partial charge in [0.25, 0.3) is 5.92 Å². The number of alkyl halides is 2. The van der Waals surface area contributed by atoms with Crippen molar-refractivity contribution in [1.82, 2.24) is 14.5 Å². The van der Waals surface area contributed by atoms with Gasteiger partial charge in [0, 0.05) is 31.1 Å². The first-order chi connectivity index (χ1) is 17.0. The van der Waals surface area contributed by atoms with E-state index in [0.29, 0.717) is 18.2 Å². The number of aromatic nitrogens is 2. The first-order valence-corrected chi connectivity index (χ1v) is 12.5. The quantitative estimate of drug-likeness (QED) is 0.297. The molecule has 2 heterocycles. The molecule has 0 aliphatic heterocycles. The average molecular weight is 502 g/mol. The Morgan fingerprint density at radius 2 is 1.86 bits per heavy atom. The zero-order valence-electron chi connectivity index (χ0n) is 21.8. The van der Waals surface area contributed by atoms with Crippen molar-refractivity contribution in [3.8, 4) is 5.75 Å². The molecule has 0 saturated heterocycles. The van der Waals surface area contributed by atoms with Crippen molar-refractivity contribution in [3.63, 3.8) is 0 Å². The number of hydrogen-bond acceptors (Lipinski definition) is 4. The highest BCUT2D eigenvalue weighted by Gasteiger charge is 2.28. The number of carbonyl (C=O) groups is 1. The van der Waals surface area contributed by atoms with Gasteiger partial charge in [-0.05, 0) is 54.3 Å². The molecular weight excluding hydrogens is 464 g/mol. The van der Waals surface area contributed by atoms with Gasteiger partial charge in [0.2, 0.25) is 0 Å². The van der Waals surface area contributed by atoms with E-state index in [0.717, 1.165) is 34.4 Å². The fourth-order valence-corrected chi connectivity index (χ4v) is 4.30. The SMILES string of the molecule is CCC(F)(F)CN(C)Cc1cn(CC(C)C)c2nc(COc3ccc(C(C)CC(=O)O)cc3)ccc12. The van der Waals surface area contributed by atoms with Gasteiger partial charge in [0.05, 0.1) is 18.7 Å². The van der Waals surface area contributed by atoms with Crippen LogP contribution < -0.4 is 4.74 Å². The lowest BCUT2D eigenvalue weighted by Crippen LogP contribution is -2.33. The molecule has 2 aromatic heterocycles. The molecule has 1 atom stereocenters. The second-order valence-corrected chi connectivity index (χ2v) is 10.1. The van der Waals surface area contributed by atoms with Crippen LogP contribution in [0.2, 0.25) is 0 Å². The van der Waals surface area contributed by atoms with Crippen molar-refractivity contribution in [2.45, 2.75) is 72.1 Å². The minimum atomic E-state index is -2.71. The van der Waals surface area contributed by atoms with Crippen LogP contribution in [0.15, 0.2) is 42.6 Å². The first-order valence-electron chi connectivity index (χ1n) is 12.5. The molecule has 0 spiro atoms. The van der Waals surface area contributed by atoms with Crippen molar-refractivity contribution >= 4 is 17.0 Å². The Morgan fingerprint density at radius 3 is 2.47 bits per heavy atom. The third kappa shape index (κ3) is 7.50. The number of carboxylic acids is 1. The number of fused-ring (bicyclic) bond motifs is 1. The van der Waals surface area contributed by atoms with E-state index in [-0.39, 0.29) is 31.9 Å². The van der Waals surface area contributed by atoms with Gasteiger partial charge in [0.15, 0.2) is 0 Å². The molecule has 1 aromatic carbocycles. The van der Waals surface area contributed by atoms with Crippen LogP contribution in [0.3, 0.4) is 0 Å². The van der Waals surface area contributed by atoms with Gasteiger partial charge in [-0.2, -0.15) is 0 Å². The third-order valence-corrected chi connectivity index (χ3v) is 6.20. The Kier molecular flexibility index (Phi) is 9.06.